The van der Waals surface area contributed by atoms with E-state index in [2.05, 4.69) is 47.6 Å². The number of benzene rings is 2. The van der Waals surface area contributed by atoms with Crippen LogP contribution in [0.15, 0.2) is 53.7 Å². The number of non-ortho nitro benzene ring substituents is 1. The molecule has 0 saturated heterocycles. The maximum atomic E-state index is 12.4. The second kappa shape index (κ2) is 14.4. The summed E-state index contributed by atoms with van der Waals surface area (Å²) in [4.78, 5) is 23.1. The van der Waals surface area contributed by atoms with Gasteiger partial charge in [0.1, 0.15) is 0 Å². The third-order valence-electron chi connectivity index (χ3n) is 5.92. The molecule has 0 spiro atoms. The average Bonchev–Trinajstić information content (AvgIpc) is 3.28. The fourth-order valence-electron chi connectivity index (χ4n) is 3.95. The zero-order valence-corrected chi connectivity index (χ0v) is 21.9. The molecular weight excluding hydrogens is 474 g/mol. The Morgan fingerprint density at radius 1 is 1.03 bits per heavy atom. The Morgan fingerprint density at radius 3 is 2.44 bits per heavy atom. The first-order valence-corrected chi connectivity index (χ1v) is 13.6. The largest absolute Gasteiger partial charge is 0.349 e. The van der Waals surface area contributed by atoms with E-state index in [-0.39, 0.29) is 18.1 Å². The summed E-state index contributed by atoms with van der Waals surface area (Å²) in [6.07, 6.45) is 8.63. The van der Waals surface area contributed by atoms with Gasteiger partial charge in [-0.1, -0.05) is 87.0 Å². The third kappa shape index (κ3) is 8.48. The summed E-state index contributed by atoms with van der Waals surface area (Å²) < 4.78 is 1.86. The van der Waals surface area contributed by atoms with Crippen molar-refractivity contribution in [3.63, 3.8) is 0 Å². The number of hydrogen-bond acceptors (Lipinski definition) is 6. The lowest BCUT2D eigenvalue weighted by Gasteiger charge is -2.11. The van der Waals surface area contributed by atoms with E-state index in [9.17, 15) is 14.9 Å². The number of nitrogens with zero attached hydrogens (tertiary/aromatic N) is 4. The second-order valence-electron chi connectivity index (χ2n) is 8.93. The standard InChI is InChI=1S/C27H35N5O3S/c1-3-4-5-6-7-8-9-13-26(33)28-19-25-29-30-27(36-20-22-12-10-11-21(2)18-22)31(25)23-14-16-24(17-15-23)32(34)35/h10-12,14-18H,3-9,13,19-20H2,1-2H3,(H,28,33). The number of nitro benzene ring substituents is 1. The van der Waals surface area contributed by atoms with Crippen LogP contribution in [0.2, 0.25) is 0 Å². The normalized spacial score (nSPS) is 10.9. The molecule has 3 aromatic rings. The van der Waals surface area contributed by atoms with Crippen molar-refractivity contribution < 1.29 is 9.72 Å². The molecule has 192 valence electrons. The predicted octanol–water partition coefficient (Wildman–Crippen LogP) is 6.53. The molecule has 0 saturated carbocycles. The number of carbonyl (C=O) groups is 1. The summed E-state index contributed by atoms with van der Waals surface area (Å²) >= 11 is 1.54. The molecule has 0 radical (unpaired) electrons. The van der Waals surface area contributed by atoms with Gasteiger partial charge in [0, 0.05) is 30.0 Å². The van der Waals surface area contributed by atoms with Gasteiger partial charge in [-0.3, -0.25) is 19.5 Å². The zero-order valence-electron chi connectivity index (χ0n) is 21.1. The Balaban J connectivity index is 1.65. The lowest BCUT2D eigenvalue weighted by molar-refractivity contribution is -0.384. The molecule has 36 heavy (non-hydrogen) atoms. The molecule has 1 aromatic heterocycles. The molecule has 1 N–H and O–H groups in total. The Bertz CT molecular complexity index is 1130. The van der Waals surface area contributed by atoms with E-state index >= 15 is 0 Å². The van der Waals surface area contributed by atoms with Crippen molar-refractivity contribution in [2.24, 2.45) is 0 Å². The number of unbranched alkanes of at least 4 members (excludes halogenated alkanes) is 6. The first-order chi connectivity index (χ1) is 17.5. The highest BCUT2D eigenvalue weighted by Gasteiger charge is 2.17. The van der Waals surface area contributed by atoms with Crippen LogP contribution in [0.5, 0.6) is 0 Å². The Hall–Kier alpha value is -3.20. The molecule has 0 unspecified atom stereocenters. The van der Waals surface area contributed by atoms with E-state index in [1.807, 2.05) is 10.6 Å². The number of hydrogen-bond donors (Lipinski definition) is 1. The summed E-state index contributed by atoms with van der Waals surface area (Å²) in [6.45, 7) is 4.50. The van der Waals surface area contributed by atoms with Crippen molar-refractivity contribution in [3.05, 3.63) is 75.6 Å². The van der Waals surface area contributed by atoms with Crippen LogP contribution in [-0.4, -0.2) is 25.6 Å². The van der Waals surface area contributed by atoms with Crippen LogP contribution in [0.4, 0.5) is 5.69 Å². The zero-order chi connectivity index (χ0) is 25.8. The van der Waals surface area contributed by atoms with Gasteiger partial charge in [-0.25, -0.2) is 0 Å². The van der Waals surface area contributed by atoms with Crippen LogP contribution >= 0.6 is 11.8 Å². The molecule has 3 rings (SSSR count). The minimum absolute atomic E-state index is 0.00392. The van der Waals surface area contributed by atoms with Gasteiger partial charge >= 0.3 is 0 Å². The Labute approximate surface area is 217 Å². The van der Waals surface area contributed by atoms with Crippen molar-refractivity contribution in [2.75, 3.05) is 0 Å². The van der Waals surface area contributed by atoms with Crippen LogP contribution in [-0.2, 0) is 17.1 Å². The number of aryl methyl sites for hydroxylation is 1. The SMILES string of the molecule is CCCCCCCCCC(=O)NCc1nnc(SCc2cccc(C)c2)n1-c1ccc([N+](=O)[O-])cc1. The van der Waals surface area contributed by atoms with Crippen molar-refractivity contribution in [3.8, 4) is 5.69 Å². The fourth-order valence-corrected chi connectivity index (χ4v) is 4.86. The number of nitro groups is 1. The summed E-state index contributed by atoms with van der Waals surface area (Å²) in [5.41, 5.74) is 3.09. The molecule has 8 nitrogen and oxygen atoms in total. The van der Waals surface area contributed by atoms with Crippen LogP contribution in [0.1, 0.15) is 75.2 Å². The first-order valence-electron chi connectivity index (χ1n) is 12.6. The van der Waals surface area contributed by atoms with E-state index in [1.54, 1.807) is 12.1 Å². The maximum absolute atomic E-state index is 12.4. The molecule has 9 heteroatoms. The summed E-state index contributed by atoms with van der Waals surface area (Å²) in [6, 6.07) is 14.6. The molecule has 0 aliphatic heterocycles. The fraction of sp³-hybridized carbons (Fsp3) is 0.444. The van der Waals surface area contributed by atoms with E-state index in [4.69, 9.17) is 0 Å². The molecular formula is C27H35N5O3S. The van der Waals surface area contributed by atoms with Gasteiger partial charge in [0.05, 0.1) is 11.5 Å². The smallest absolute Gasteiger partial charge is 0.269 e. The number of thioether (sulfide) groups is 1. The maximum Gasteiger partial charge on any atom is 0.269 e. The average molecular weight is 510 g/mol. The van der Waals surface area contributed by atoms with Crippen LogP contribution in [0.25, 0.3) is 5.69 Å². The van der Waals surface area contributed by atoms with Crippen molar-refractivity contribution >= 4 is 23.4 Å². The van der Waals surface area contributed by atoms with Crippen LogP contribution in [0.3, 0.4) is 0 Å². The van der Waals surface area contributed by atoms with E-state index < -0.39 is 4.92 Å². The molecule has 1 amide bonds. The molecule has 0 atom stereocenters. The Morgan fingerprint density at radius 2 is 1.75 bits per heavy atom. The minimum atomic E-state index is -0.422. The number of aromatic nitrogens is 3. The molecule has 1 heterocycles. The first kappa shape index (κ1) is 27.4. The minimum Gasteiger partial charge on any atom is -0.349 e. The van der Waals surface area contributed by atoms with Gasteiger partial charge in [-0.15, -0.1) is 10.2 Å². The predicted molar refractivity (Wildman–Crippen MR) is 143 cm³/mol. The topological polar surface area (TPSA) is 103 Å². The lowest BCUT2D eigenvalue weighted by Crippen LogP contribution is -2.24. The van der Waals surface area contributed by atoms with Crippen LogP contribution in [0, 0.1) is 17.0 Å². The van der Waals surface area contributed by atoms with E-state index in [1.165, 1.54) is 67.1 Å². The molecule has 0 fully saturated rings. The van der Waals surface area contributed by atoms with Crippen molar-refractivity contribution in [1.82, 2.24) is 20.1 Å². The number of amides is 1. The monoisotopic (exact) mass is 509 g/mol. The van der Waals surface area contributed by atoms with Gasteiger partial charge in [0.2, 0.25) is 5.91 Å². The van der Waals surface area contributed by atoms with Gasteiger partial charge in [0.25, 0.3) is 5.69 Å². The Kier molecular flexibility index (Phi) is 10.9. The van der Waals surface area contributed by atoms with Gasteiger partial charge in [-0.05, 0) is 31.0 Å². The van der Waals surface area contributed by atoms with Crippen molar-refractivity contribution in [1.29, 1.82) is 0 Å². The molecule has 0 aliphatic rings. The van der Waals surface area contributed by atoms with Crippen LogP contribution < -0.4 is 5.32 Å². The van der Waals surface area contributed by atoms with E-state index in [0.717, 1.165) is 12.8 Å². The van der Waals surface area contributed by atoms with Gasteiger partial charge in [0.15, 0.2) is 11.0 Å². The lowest BCUT2D eigenvalue weighted by atomic mass is 10.1. The number of nitrogens with one attached hydrogen (secondary N) is 1. The number of rotatable bonds is 15. The highest BCUT2D eigenvalue weighted by molar-refractivity contribution is 7.98. The van der Waals surface area contributed by atoms with Gasteiger partial charge < -0.3 is 5.32 Å². The highest BCUT2D eigenvalue weighted by Crippen LogP contribution is 2.26. The second-order valence-corrected chi connectivity index (χ2v) is 9.88. The summed E-state index contributed by atoms with van der Waals surface area (Å²) in [5, 5.41) is 23.4. The quantitative estimate of drug-likeness (QED) is 0.108. The molecule has 2 aromatic carbocycles. The number of carbonyl (C=O) groups excluding carboxylic acids is 1. The molecule has 0 bridgehead atoms. The molecule has 0 aliphatic carbocycles. The summed E-state index contributed by atoms with van der Waals surface area (Å²) in [5.74, 6) is 1.29. The summed E-state index contributed by atoms with van der Waals surface area (Å²) in [7, 11) is 0. The van der Waals surface area contributed by atoms with Crippen molar-refractivity contribution in [2.45, 2.75) is 82.7 Å². The highest BCUT2D eigenvalue weighted by atomic mass is 32.2. The van der Waals surface area contributed by atoms with E-state index in [0.29, 0.717) is 28.8 Å². The third-order valence-corrected chi connectivity index (χ3v) is 6.92. The van der Waals surface area contributed by atoms with Gasteiger partial charge in [-0.2, -0.15) is 0 Å².